The maximum atomic E-state index is 6.25. The maximum Gasteiger partial charge on any atom is 0.0458 e. The monoisotopic (exact) mass is 257 g/mol. The van der Waals surface area contributed by atoms with Crippen LogP contribution in [0.1, 0.15) is 25.8 Å². The Hall–Kier alpha value is -0.240. The minimum Gasteiger partial charge on any atom is -0.317 e. The third kappa shape index (κ3) is 2.22. The topological polar surface area (TPSA) is 12.0 Å². The van der Waals surface area contributed by atoms with E-state index in [1.165, 1.54) is 12.0 Å². The Morgan fingerprint density at radius 1 is 1.44 bits per heavy atom. The van der Waals surface area contributed by atoms with Crippen molar-refractivity contribution >= 4 is 23.2 Å². The number of nitrogens with one attached hydrogen (secondary N) is 1. The van der Waals surface area contributed by atoms with Gasteiger partial charge in [-0.3, -0.25) is 0 Å². The largest absolute Gasteiger partial charge is 0.317 e. The molecule has 1 aromatic carbocycles. The highest BCUT2D eigenvalue weighted by Gasteiger charge is 2.51. The van der Waals surface area contributed by atoms with Crippen molar-refractivity contribution in [2.75, 3.05) is 13.1 Å². The highest BCUT2D eigenvalue weighted by Crippen LogP contribution is 2.55. The summed E-state index contributed by atoms with van der Waals surface area (Å²) in [5.74, 6) is 0.700. The van der Waals surface area contributed by atoms with E-state index < -0.39 is 0 Å². The Kier molecular flexibility index (Phi) is 3.48. The van der Waals surface area contributed by atoms with Crippen molar-refractivity contribution < 1.29 is 0 Å². The molecule has 2 rings (SSSR count). The van der Waals surface area contributed by atoms with Crippen molar-refractivity contribution in [3.63, 3.8) is 0 Å². The Labute approximate surface area is 107 Å². The molecule has 88 valence electrons. The van der Waals surface area contributed by atoms with Crippen LogP contribution in [0.3, 0.4) is 0 Å². The van der Waals surface area contributed by atoms with E-state index in [-0.39, 0.29) is 5.41 Å². The molecule has 3 heteroatoms. The van der Waals surface area contributed by atoms with Gasteiger partial charge < -0.3 is 5.32 Å². The number of hydrogen-bond donors (Lipinski definition) is 1. The van der Waals surface area contributed by atoms with E-state index in [1.54, 1.807) is 0 Å². The SMILES string of the molecule is CCNCC1CC1(C)c1ccc(Cl)cc1Cl. The lowest BCUT2D eigenvalue weighted by Gasteiger charge is -2.14. The summed E-state index contributed by atoms with van der Waals surface area (Å²) in [6, 6.07) is 5.83. The third-order valence-electron chi connectivity index (χ3n) is 3.60. The second-order valence-corrected chi connectivity index (χ2v) is 5.59. The first-order valence-electron chi connectivity index (χ1n) is 5.74. The fourth-order valence-electron chi connectivity index (χ4n) is 2.35. The zero-order valence-corrected chi connectivity index (χ0v) is 11.2. The van der Waals surface area contributed by atoms with E-state index in [1.807, 2.05) is 12.1 Å². The minimum absolute atomic E-state index is 0.240. The second-order valence-electron chi connectivity index (χ2n) is 4.75. The highest BCUT2D eigenvalue weighted by atomic mass is 35.5. The van der Waals surface area contributed by atoms with E-state index in [2.05, 4.69) is 25.2 Å². The number of hydrogen-bond acceptors (Lipinski definition) is 1. The molecule has 0 saturated heterocycles. The summed E-state index contributed by atoms with van der Waals surface area (Å²) in [7, 11) is 0. The second kappa shape index (κ2) is 4.56. The molecule has 1 fully saturated rings. The van der Waals surface area contributed by atoms with Gasteiger partial charge in [0.05, 0.1) is 0 Å². The van der Waals surface area contributed by atoms with Gasteiger partial charge in [0.15, 0.2) is 0 Å². The summed E-state index contributed by atoms with van der Waals surface area (Å²) < 4.78 is 0. The first kappa shape index (κ1) is 12.2. The van der Waals surface area contributed by atoms with Gasteiger partial charge in [0.1, 0.15) is 0 Å². The van der Waals surface area contributed by atoms with Gasteiger partial charge >= 0.3 is 0 Å². The summed E-state index contributed by atoms with van der Waals surface area (Å²) in [6.07, 6.45) is 1.21. The predicted molar refractivity (Wildman–Crippen MR) is 70.5 cm³/mol. The van der Waals surface area contributed by atoms with Crippen molar-refractivity contribution in [2.45, 2.75) is 25.7 Å². The van der Waals surface area contributed by atoms with Crippen molar-refractivity contribution in [1.82, 2.24) is 5.32 Å². The molecule has 16 heavy (non-hydrogen) atoms. The standard InChI is InChI=1S/C13H17Cl2N/c1-3-16-8-9-7-13(9,2)11-5-4-10(14)6-12(11)15/h4-6,9,16H,3,7-8H2,1-2H3. The van der Waals surface area contributed by atoms with Crippen LogP contribution in [0.25, 0.3) is 0 Å². The lowest BCUT2D eigenvalue weighted by Crippen LogP contribution is -2.19. The molecule has 2 unspecified atom stereocenters. The smallest absolute Gasteiger partial charge is 0.0458 e. The van der Waals surface area contributed by atoms with Gasteiger partial charge in [-0.15, -0.1) is 0 Å². The summed E-state index contributed by atoms with van der Waals surface area (Å²) in [5, 5.41) is 4.91. The summed E-state index contributed by atoms with van der Waals surface area (Å²) in [4.78, 5) is 0. The average molecular weight is 258 g/mol. The zero-order valence-electron chi connectivity index (χ0n) is 9.69. The Morgan fingerprint density at radius 2 is 2.19 bits per heavy atom. The quantitative estimate of drug-likeness (QED) is 0.864. The lowest BCUT2D eigenvalue weighted by atomic mass is 9.95. The number of benzene rings is 1. The zero-order chi connectivity index (χ0) is 11.8. The van der Waals surface area contributed by atoms with Crippen LogP contribution < -0.4 is 5.32 Å². The molecule has 0 aliphatic heterocycles. The van der Waals surface area contributed by atoms with Gasteiger partial charge in [-0.25, -0.2) is 0 Å². The van der Waals surface area contributed by atoms with Gasteiger partial charge in [0, 0.05) is 10.0 Å². The van der Waals surface area contributed by atoms with Gasteiger partial charge in [-0.1, -0.05) is 43.1 Å². The minimum atomic E-state index is 0.240. The third-order valence-corrected chi connectivity index (χ3v) is 4.15. The van der Waals surface area contributed by atoms with Gasteiger partial charge in [0.25, 0.3) is 0 Å². The van der Waals surface area contributed by atoms with E-state index in [9.17, 15) is 0 Å². The maximum absolute atomic E-state index is 6.25. The lowest BCUT2D eigenvalue weighted by molar-refractivity contribution is 0.592. The highest BCUT2D eigenvalue weighted by molar-refractivity contribution is 6.35. The average Bonchev–Trinajstić information content (AvgIpc) is 2.87. The number of rotatable bonds is 4. The van der Waals surface area contributed by atoms with Crippen molar-refractivity contribution in [3.8, 4) is 0 Å². The Bertz CT molecular complexity index is 392. The van der Waals surface area contributed by atoms with Crippen LogP contribution in [0.5, 0.6) is 0 Å². The van der Waals surface area contributed by atoms with Crippen LogP contribution in [0, 0.1) is 5.92 Å². The van der Waals surface area contributed by atoms with Crippen molar-refractivity contribution in [1.29, 1.82) is 0 Å². The first-order valence-corrected chi connectivity index (χ1v) is 6.49. The first-order chi connectivity index (χ1) is 7.58. The molecule has 0 amide bonds. The molecule has 1 aliphatic carbocycles. The predicted octanol–water partition coefficient (Wildman–Crippen LogP) is 3.88. The van der Waals surface area contributed by atoms with Gasteiger partial charge in [-0.2, -0.15) is 0 Å². The van der Waals surface area contributed by atoms with Crippen LogP contribution in [-0.4, -0.2) is 13.1 Å². The molecule has 0 heterocycles. The van der Waals surface area contributed by atoms with Crippen LogP contribution in [0.15, 0.2) is 18.2 Å². The number of halogens is 2. The van der Waals surface area contributed by atoms with E-state index in [4.69, 9.17) is 23.2 Å². The molecular weight excluding hydrogens is 241 g/mol. The molecule has 0 bridgehead atoms. The van der Waals surface area contributed by atoms with Crippen molar-refractivity contribution in [3.05, 3.63) is 33.8 Å². The van der Waals surface area contributed by atoms with Gasteiger partial charge in [-0.05, 0) is 48.5 Å². The Balaban J connectivity index is 2.13. The van der Waals surface area contributed by atoms with Gasteiger partial charge in [0.2, 0.25) is 0 Å². The molecule has 0 spiro atoms. The fourth-order valence-corrected chi connectivity index (χ4v) is 2.98. The summed E-state index contributed by atoms with van der Waals surface area (Å²) in [5.41, 5.74) is 1.48. The Morgan fingerprint density at radius 3 is 2.81 bits per heavy atom. The molecule has 1 N–H and O–H groups in total. The van der Waals surface area contributed by atoms with E-state index >= 15 is 0 Å². The fraction of sp³-hybridized carbons (Fsp3) is 0.538. The normalized spacial score (nSPS) is 28.1. The van der Waals surface area contributed by atoms with Crippen molar-refractivity contribution in [2.24, 2.45) is 5.92 Å². The molecule has 1 saturated carbocycles. The molecule has 0 aromatic heterocycles. The molecule has 1 nitrogen and oxygen atoms in total. The summed E-state index contributed by atoms with van der Waals surface area (Å²) >= 11 is 12.2. The van der Waals surface area contributed by atoms with Crippen LogP contribution in [0.2, 0.25) is 10.0 Å². The molecule has 2 atom stereocenters. The summed E-state index contributed by atoms with van der Waals surface area (Å²) in [6.45, 7) is 6.52. The van der Waals surface area contributed by atoms with Crippen LogP contribution in [0.4, 0.5) is 0 Å². The molecule has 1 aliphatic rings. The van der Waals surface area contributed by atoms with E-state index in [0.29, 0.717) is 10.9 Å². The van der Waals surface area contributed by atoms with Crippen LogP contribution in [-0.2, 0) is 5.41 Å². The van der Waals surface area contributed by atoms with E-state index in [0.717, 1.165) is 18.1 Å². The molecular formula is C13H17Cl2N. The molecule has 1 aromatic rings. The van der Waals surface area contributed by atoms with Crippen LogP contribution >= 0.6 is 23.2 Å². The molecule has 0 radical (unpaired) electrons.